The van der Waals surface area contributed by atoms with E-state index in [1.165, 1.54) is 0 Å². The minimum atomic E-state index is -4.62. The molecule has 33 heavy (non-hydrogen) atoms. The van der Waals surface area contributed by atoms with E-state index in [-0.39, 0.29) is 18.1 Å². The molecule has 4 rings (SSSR count). The molecule has 6 nitrogen and oxygen atoms in total. The molecule has 0 N–H and O–H groups in total. The number of carbonyl (C=O) groups is 1. The van der Waals surface area contributed by atoms with Crippen LogP contribution >= 0.6 is 0 Å². The number of fused-ring (bicyclic) bond motifs is 2. The zero-order chi connectivity index (χ0) is 23.8. The van der Waals surface area contributed by atoms with Crippen LogP contribution in [0.2, 0.25) is 0 Å². The Morgan fingerprint density at radius 3 is 2.33 bits per heavy atom. The van der Waals surface area contributed by atoms with E-state index in [1.54, 1.807) is 36.3 Å². The number of hydrogen-bond donors (Lipinski definition) is 0. The van der Waals surface area contributed by atoms with Crippen molar-refractivity contribution >= 4 is 5.91 Å². The summed E-state index contributed by atoms with van der Waals surface area (Å²) in [6.07, 6.45) is -3.91. The second kappa shape index (κ2) is 8.98. The molecule has 2 aliphatic heterocycles. The summed E-state index contributed by atoms with van der Waals surface area (Å²) in [7, 11) is 3.39. The van der Waals surface area contributed by atoms with Gasteiger partial charge in [0, 0.05) is 44.9 Å². The van der Waals surface area contributed by atoms with Crippen molar-refractivity contribution in [2.75, 3.05) is 47.0 Å². The summed E-state index contributed by atoms with van der Waals surface area (Å²) < 4.78 is 66.7. The Kier molecular flexibility index (Phi) is 6.41. The third kappa shape index (κ3) is 4.33. The number of methoxy groups -OCH3 is 1. The molecule has 0 atom stereocenters. The fraction of sp³-hybridized carbons (Fsp3) is 0.522. The van der Waals surface area contributed by atoms with Gasteiger partial charge in [-0.1, -0.05) is 0 Å². The molecule has 0 saturated carbocycles. The number of hydrogen-bond acceptors (Lipinski definition) is 4. The van der Waals surface area contributed by atoms with Crippen LogP contribution in [0.25, 0.3) is 0 Å². The first-order chi connectivity index (χ1) is 15.7. The lowest BCUT2D eigenvalue weighted by atomic mass is 9.81. The monoisotopic (exact) mass is 469 g/mol. The van der Waals surface area contributed by atoms with Crippen molar-refractivity contribution in [3.63, 3.8) is 0 Å². The molecule has 180 valence electrons. The molecule has 2 aromatic rings. The maximum atomic E-state index is 14.8. The Hall–Kier alpha value is -2.59. The highest BCUT2D eigenvalue weighted by atomic mass is 19.4. The highest BCUT2D eigenvalue weighted by molar-refractivity contribution is 5.94. The minimum absolute atomic E-state index is 0.0771. The normalized spacial score (nSPS) is 18.4. The molecule has 1 aromatic carbocycles. The summed E-state index contributed by atoms with van der Waals surface area (Å²) in [4.78, 5) is 16.6. The summed E-state index contributed by atoms with van der Waals surface area (Å²) in [6, 6.07) is 7.39. The number of aromatic nitrogens is 1. The van der Waals surface area contributed by atoms with Crippen LogP contribution in [0.4, 0.5) is 17.6 Å². The van der Waals surface area contributed by atoms with Gasteiger partial charge >= 0.3 is 6.18 Å². The third-order valence-electron chi connectivity index (χ3n) is 6.71. The lowest BCUT2D eigenvalue weighted by Gasteiger charge is -2.50. The van der Waals surface area contributed by atoms with E-state index in [2.05, 4.69) is 0 Å². The number of rotatable bonds is 5. The average Bonchev–Trinajstić information content (AvgIpc) is 3.15. The van der Waals surface area contributed by atoms with Gasteiger partial charge in [-0.3, -0.25) is 9.69 Å². The Morgan fingerprint density at radius 1 is 1.06 bits per heavy atom. The highest BCUT2D eigenvalue weighted by Gasteiger charge is 2.49. The number of ether oxygens (including phenoxy) is 2. The van der Waals surface area contributed by atoms with Gasteiger partial charge in [0.05, 0.1) is 17.8 Å². The van der Waals surface area contributed by atoms with Gasteiger partial charge in [0.15, 0.2) is 0 Å². The number of benzene rings is 1. The summed E-state index contributed by atoms with van der Waals surface area (Å²) in [5.41, 5.74) is -1.25. The quantitative estimate of drug-likeness (QED) is 0.495. The molecule has 1 amide bonds. The second-order valence-electron chi connectivity index (χ2n) is 8.49. The molecule has 3 heterocycles. The molecule has 0 aliphatic carbocycles. The first-order valence-electron chi connectivity index (χ1n) is 10.9. The van der Waals surface area contributed by atoms with Gasteiger partial charge in [0.2, 0.25) is 0 Å². The molecule has 2 aliphatic rings. The first kappa shape index (κ1) is 23.6. The maximum absolute atomic E-state index is 14.8. The summed E-state index contributed by atoms with van der Waals surface area (Å²) >= 11 is 0. The molecule has 0 bridgehead atoms. The lowest BCUT2D eigenvalue weighted by Crippen LogP contribution is -2.57. The van der Waals surface area contributed by atoms with Crippen LogP contribution in [-0.4, -0.2) is 67.3 Å². The van der Waals surface area contributed by atoms with E-state index < -0.39 is 23.2 Å². The van der Waals surface area contributed by atoms with Crippen LogP contribution in [-0.2, 0) is 23.0 Å². The Balaban J connectivity index is 1.50. The highest BCUT2D eigenvalue weighted by Crippen LogP contribution is 2.45. The SMILES string of the molecule is COCCOc1ccc(C(=O)N2CCC3(CC2)c2c(F)cc(C(F)(F)F)n2CCN3C)cc1. The average molecular weight is 469 g/mol. The number of amides is 1. The third-order valence-corrected chi connectivity index (χ3v) is 6.71. The topological polar surface area (TPSA) is 46.9 Å². The van der Waals surface area contributed by atoms with Crippen molar-refractivity contribution in [3.05, 3.63) is 53.1 Å². The molecule has 1 saturated heterocycles. The van der Waals surface area contributed by atoms with Crippen LogP contribution in [0.15, 0.2) is 30.3 Å². The van der Waals surface area contributed by atoms with E-state index in [1.807, 2.05) is 11.9 Å². The Bertz CT molecular complexity index is 996. The van der Waals surface area contributed by atoms with Crippen LogP contribution in [0.1, 0.15) is 34.6 Å². The van der Waals surface area contributed by atoms with Crippen molar-refractivity contribution < 1.29 is 31.8 Å². The largest absolute Gasteiger partial charge is 0.491 e. The van der Waals surface area contributed by atoms with E-state index in [9.17, 15) is 22.4 Å². The van der Waals surface area contributed by atoms with Gasteiger partial charge in [-0.05, 0) is 44.2 Å². The zero-order valence-corrected chi connectivity index (χ0v) is 18.6. The predicted molar refractivity (Wildman–Crippen MR) is 113 cm³/mol. The molecule has 1 spiro atoms. The maximum Gasteiger partial charge on any atom is 0.431 e. The van der Waals surface area contributed by atoms with Crippen LogP contribution in [0.5, 0.6) is 5.75 Å². The van der Waals surface area contributed by atoms with Crippen molar-refractivity contribution in [1.82, 2.24) is 14.4 Å². The lowest BCUT2D eigenvalue weighted by molar-refractivity contribution is -0.144. The molecule has 1 fully saturated rings. The summed E-state index contributed by atoms with van der Waals surface area (Å²) in [6.45, 7) is 1.96. The second-order valence-corrected chi connectivity index (χ2v) is 8.49. The number of nitrogens with zero attached hydrogens (tertiary/aromatic N) is 3. The van der Waals surface area contributed by atoms with E-state index in [4.69, 9.17) is 9.47 Å². The van der Waals surface area contributed by atoms with Crippen molar-refractivity contribution in [2.45, 2.75) is 31.1 Å². The van der Waals surface area contributed by atoms with Gasteiger partial charge in [-0.25, -0.2) is 4.39 Å². The van der Waals surface area contributed by atoms with Gasteiger partial charge in [0.1, 0.15) is 23.9 Å². The standard InChI is InChI=1S/C23H27F4N3O3/c1-28-11-12-30-19(23(25,26)27)15-18(24)20(30)22(28)7-9-29(10-8-22)21(31)16-3-5-17(6-4-16)33-14-13-32-2/h3-6,15H,7-14H2,1-2H3. The van der Waals surface area contributed by atoms with Gasteiger partial charge in [-0.15, -0.1) is 0 Å². The molecule has 0 unspecified atom stereocenters. The molecule has 1 aromatic heterocycles. The van der Waals surface area contributed by atoms with Gasteiger partial charge in [-0.2, -0.15) is 13.2 Å². The van der Waals surface area contributed by atoms with Crippen LogP contribution in [0.3, 0.4) is 0 Å². The number of alkyl halides is 3. The number of likely N-dealkylation sites (N-methyl/N-ethyl adjacent to an activating group) is 1. The fourth-order valence-electron chi connectivity index (χ4n) is 4.92. The number of piperidine rings is 1. The van der Waals surface area contributed by atoms with Crippen LogP contribution < -0.4 is 4.74 Å². The van der Waals surface area contributed by atoms with Gasteiger partial charge < -0.3 is 18.9 Å². The fourth-order valence-corrected chi connectivity index (χ4v) is 4.92. The smallest absolute Gasteiger partial charge is 0.431 e. The van der Waals surface area contributed by atoms with Crippen molar-refractivity contribution in [2.24, 2.45) is 0 Å². The van der Waals surface area contributed by atoms with Gasteiger partial charge in [0.25, 0.3) is 5.91 Å². The number of likely N-dealkylation sites (tertiary alicyclic amines) is 1. The van der Waals surface area contributed by atoms with E-state index >= 15 is 0 Å². The molecule has 0 radical (unpaired) electrons. The minimum Gasteiger partial charge on any atom is -0.491 e. The summed E-state index contributed by atoms with van der Waals surface area (Å²) in [5, 5.41) is 0. The Morgan fingerprint density at radius 2 is 1.73 bits per heavy atom. The summed E-state index contributed by atoms with van der Waals surface area (Å²) in [5.74, 6) is -0.377. The molecule has 10 heteroatoms. The predicted octanol–water partition coefficient (Wildman–Crippen LogP) is 3.75. The number of carbonyl (C=O) groups excluding carboxylic acids is 1. The number of halogens is 4. The van der Waals surface area contributed by atoms with E-state index in [0.29, 0.717) is 63.1 Å². The van der Waals surface area contributed by atoms with Crippen LogP contribution in [0, 0.1) is 5.82 Å². The zero-order valence-electron chi connectivity index (χ0n) is 18.6. The van der Waals surface area contributed by atoms with E-state index in [0.717, 1.165) is 4.57 Å². The van der Waals surface area contributed by atoms with Crippen molar-refractivity contribution in [3.8, 4) is 5.75 Å². The Labute approximate surface area is 189 Å². The van der Waals surface area contributed by atoms with Crippen molar-refractivity contribution in [1.29, 1.82) is 0 Å². The first-order valence-corrected chi connectivity index (χ1v) is 10.9. The molecular formula is C23H27F4N3O3. The molecular weight excluding hydrogens is 442 g/mol.